The number of aliphatic imine (C=N–C) groups is 1. The summed E-state index contributed by atoms with van der Waals surface area (Å²) in [6.07, 6.45) is 6.81. The number of nitrogens with zero attached hydrogens (tertiary/aromatic N) is 2. The summed E-state index contributed by atoms with van der Waals surface area (Å²) in [4.78, 5) is 8.22. The molecule has 0 radical (unpaired) electrons. The molecule has 0 aliphatic heterocycles. The van der Waals surface area contributed by atoms with Crippen LogP contribution < -0.4 is 5.32 Å². The molecule has 1 aromatic heterocycles. The van der Waals surface area contributed by atoms with Gasteiger partial charge in [-0.2, -0.15) is 0 Å². The first-order valence-electron chi connectivity index (χ1n) is 5.26. The maximum atomic E-state index is 4.97. The quantitative estimate of drug-likeness (QED) is 0.406. The first-order valence-corrected chi connectivity index (χ1v) is 5.26. The molecule has 0 saturated carbocycles. The van der Waals surface area contributed by atoms with Gasteiger partial charge in [0.05, 0.1) is 19.4 Å². The molecule has 0 unspecified atom stereocenters. The first kappa shape index (κ1) is 12.4. The Kier molecular flexibility index (Phi) is 6.67. The van der Waals surface area contributed by atoms with Crippen LogP contribution in [0.25, 0.3) is 0 Å². The van der Waals surface area contributed by atoms with Gasteiger partial charge in [0.25, 0.3) is 0 Å². The zero-order valence-corrected chi connectivity index (χ0v) is 9.30. The molecule has 0 aliphatic rings. The van der Waals surface area contributed by atoms with Crippen LogP contribution in [0, 0.1) is 0 Å². The number of nitrogens with one attached hydrogen (secondary N) is 1. The normalized spacial score (nSPS) is 10.5. The molecule has 1 N–H and O–H groups in total. The monoisotopic (exact) mass is 219 g/mol. The predicted octanol–water partition coefficient (Wildman–Crippen LogP) is 1.25. The lowest BCUT2D eigenvalue weighted by atomic mass is 10.3. The molecule has 4 heteroatoms. The second-order valence-corrected chi connectivity index (χ2v) is 3.10. The fourth-order valence-corrected chi connectivity index (χ4v) is 1.10. The Morgan fingerprint density at radius 2 is 2.19 bits per heavy atom. The minimum absolute atomic E-state index is 0.650. The van der Waals surface area contributed by atoms with Crippen molar-refractivity contribution in [3.05, 3.63) is 42.9 Å². The van der Waals surface area contributed by atoms with Crippen LogP contribution in [0.3, 0.4) is 0 Å². The van der Waals surface area contributed by atoms with E-state index in [9.17, 15) is 0 Å². The molecule has 0 amide bonds. The highest BCUT2D eigenvalue weighted by Crippen LogP contribution is 1.90. The highest BCUT2D eigenvalue weighted by Gasteiger charge is 1.86. The van der Waals surface area contributed by atoms with Crippen LogP contribution in [0.1, 0.15) is 5.56 Å². The third kappa shape index (κ3) is 5.93. The molecule has 1 heterocycles. The Balaban J connectivity index is 2.03. The van der Waals surface area contributed by atoms with Gasteiger partial charge in [-0.3, -0.25) is 9.98 Å². The van der Waals surface area contributed by atoms with Crippen LogP contribution in [0.2, 0.25) is 0 Å². The predicted molar refractivity (Wildman–Crippen MR) is 65.7 cm³/mol. The van der Waals surface area contributed by atoms with Crippen molar-refractivity contribution >= 4 is 6.21 Å². The maximum Gasteiger partial charge on any atom is 0.0997 e. The third-order valence-electron chi connectivity index (χ3n) is 1.88. The Morgan fingerprint density at radius 1 is 1.38 bits per heavy atom. The van der Waals surface area contributed by atoms with E-state index in [0.717, 1.165) is 25.2 Å². The largest absolute Gasteiger partial charge is 0.500 e. The summed E-state index contributed by atoms with van der Waals surface area (Å²) >= 11 is 0. The lowest BCUT2D eigenvalue weighted by Gasteiger charge is -2.01. The molecule has 0 fully saturated rings. The molecule has 0 saturated heterocycles. The van der Waals surface area contributed by atoms with Crippen molar-refractivity contribution in [3.8, 4) is 0 Å². The van der Waals surface area contributed by atoms with Crippen molar-refractivity contribution < 1.29 is 4.74 Å². The molecule has 0 aliphatic carbocycles. The third-order valence-corrected chi connectivity index (χ3v) is 1.88. The van der Waals surface area contributed by atoms with Gasteiger partial charge < -0.3 is 10.1 Å². The molecular formula is C12H17N3O. The number of rotatable bonds is 8. The molecular weight excluding hydrogens is 202 g/mol. The second kappa shape index (κ2) is 8.61. The Hall–Kier alpha value is -1.68. The summed E-state index contributed by atoms with van der Waals surface area (Å²) in [6, 6.07) is 3.85. The number of hydrogen-bond acceptors (Lipinski definition) is 4. The van der Waals surface area contributed by atoms with Gasteiger partial charge in [0.1, 0.15) is 0 Å². The Bertz CT molecular complexity index is 311. The van der Waals surface area contributed by atoms with E-state index in [0.29, 0.717) is 6.61 Å². The van der Waals surface area contributed by atoms with Gasteiger partial charge in [-0.1, -0.05) is 6.58 Å². The van der Waals surface area contributed by atoms with Gasteiger partial charge in [-0.15, -0.1) is 0 Å². The summed E-state index contributed by atoms with van der Waals surface area (Å²) in [6.45, 7) is 6.54. The fourth-order valence-electron chi connectivity index (χ4n) is 1.10. The van der Waals surface area contributed by atoms with E-state index in [1.165, 1.54) is 6.26 Å². The van der Waals surface area contributed by atoms with Crippen molar-refractivity contribution in [3.63, 3.8) is 0 Å². The summed E-state index contributed by atoms with van der Waals surface area (Å²) in [5, 5.41) is 3.21. The Morgan fingerprint density at radius 3 is 2.94 bits per heavy atom. The van der Waals surface area contributed by atoms with Crippen LogP contribution in [-0.2, 0) is 4.74 Å². The maximum absolute atomic E-state index is 4.97. The van der Waals surface area contributed by atoms with Gasteiger partial charge in [0.2, 0.25) is 0 Å². The number of pyridine rings is 1. The van der Waals surface area contributed by atoms with Crippen molar-refractivity contribution in [2.75, 3.05) is 26.2 Å². The molecule has 0 spiro atoms. The van der Waals surface area contributed by atoms with Crippen molar-refractivity contribution in [1.29, 1.82) is 0 Å². The summed E-state index contributed by atoms with van der Waals surface area (Å²) in [7, 11) is 0. The van der Waals surface area contributed by atoms with Crippen LogP contribution in [0.4, 0.5) is 0 Å². The SMILES string of the molecule is C=COCCNCCN=Cc1ccncc1. The highest BCUT2D eigenvalue weighted by atomic mass is 16.5. The summed E-state index contributed by atoms with van der Waals surface area (Å²) in [5.74, 6) is 0. The molecule has 0 bridgehead atoms. The second-order valence-electron chi connectivity index (χ2n) is 3.10. The lowest BCUT2D eigenvalue weighted by molar-refractivity contribution is 0.251. The van der Waals surface area contributed by atoms with Gasteiger partial charge >= 0.3 is 0 Å². The van der Waals surface area contributed by atoms with Crippen molar-refractivity contribution in [2.45, 2.75) is 0 Å². The van der Waals surface area contributed by atoms with Crippen LogP contribution in [0.15, 0.2) is 42.4 Å². The fraction of sp³-hybridized carbons (Fsp3) is 0.333. The Labute approximate surface area is 96.1 Å². The van der Waals surface area contributed by atoms with Crippen LogP contribution in [-0.4, -0.2) is 37.4 Å². The smallest absolute Gasteiger partial charge is 0.0997 e. The minimum atomic E-state index is 0.650. The van der Waals surface area contributed by atoms with E-state index in [1.54, 1.807) is 12.4 Å². The molecule has 0 atom stereocenters. The minimum Gasteiger partial charge on any atom is -0.500 e. The van der Waals surface area contributed by atoms with Crippen molar-refractivity contribution in [2.24, 2.45) is 4.99 Å². The average Bonchev–Trinajstić information content (AvgIpc) is 2.34. The molecule has 4 nitrogen and oxygen atoms in total. The summed E-state index contributed by atoms with van der Waals surface area (Å²) in [5.41, 5.74) is 1.07. The van der Waals surface area contributed by atoms with Crippen molar-refractivity contribution in [1.82, 2.24) is 10.3 Å². The van der Waals surface area contributed by atoms with E-state index in [-0.39, 0.29) is 0 Å². The number of aromatic nitrogens is 1. The highest BCUT2D eigenvalue weighted by molar-refractivity contribution is 5.79. The zero-order chi connectivity index (χ0) is 11.5. The standard InChI is InChI=1S/C12H17N3O/c1-2-16-10-9-14-7-8-15-11-12-3-5-13-6-4-12/h2-6,11,14H,1,7-10H2. The first-order chi connectivity index (χ1) is 7.93. The van der Waals surface area contributed by atoms with E-state index < -0.39 is 0 Å². The molecule has 16 heavy (non-hydrogen) atoms. The molecule has 0 aromatic carbocycles. The summed E-state index contributed by atoms with van der Waals surface area (Å²) < 4.78 is 4.97. The zero-order valence-electron chi connectivity index (χ0n) is 9.30. The number of ether oxygens (including phenoxy) is 1. The van der Waals surface area contributed by atoms with E-state index >= 15 is 0 Å². The topological polar surface area (TPSA) is 46.5 Å². The van der Waals surface area contributed by atoms with Gasteiger partial charge in [-0.25, -0.2) is 0 Å². The van der Waals surface area contributed by atoms with Gasteiger partial charge in [0.15, 0.2) is 0 Å². The van der Waals surface area contributed by atoms with Crippen LogP contribution in [0.5, 0.6) is 0 Å². The molecule has 1 rings (SSSR count). The lowest BCUT2D eigenvalue weighted by Crippen LogP contribution is -2.21. The van der Waals surface area contributed by atoms with Gasteiger partial charge in [-0.05, 0) is 17.7 Å². The number of hydrogen-bond donors (Lipinski definition) is 1. The van der Waals surface area contributed by atoms with E-state index in [2.05, 4.69) is 21.9 Å². The molecule has 1 aromatic rings. The molecule has 86 valence electrons. The average molecular weight is 219 g/mol. The van der Waals surface area contributed by atoms with E-state index in [1.807, 2.05) is 18.3 Å². The van der Waals surface area contributed by atoms with E-state index in [4.69, 9.17) is 4.74 Å². The van der Waals surface area contributed by atoms with Crippen LogP contribution >= 0.6 is 0 Å². The van der Waals surface area contributed by atoms with Gasteiger partial charge in [0, 0.05) is 31.7 Å².